The average molecular weight is 233 g/mol. The highest BCUT2D eigenvalue weighted by Crippen LogP contribution is 2.18. The molecule has 1 N–H and O–H groups in total. The minimum absolute atomic E-state index is 0.245. The zero-order chi connectivity index (χ0) is 12.1. The summed E-state index contributed by atoms with van der Waals surface area (Å²) in [6.45, 7) is 1.83. The number of carbonyl (C=O) groups is 1. The van der Waals surface area contributed by atoms with Gasteiger partial charge in [-0.25, -0.2) is 0 Å². The standard InChI is InChI=1S/C14H19NO2/c16-14(17)13-9-5-11-15(13)10-4-8-12-6-2-1-3-7-12/h1-3,6-7,13H,4-5,8-11H2,(H,16,17)/t13-/m1/s1. The van der Waals surface area contributed by atoms with E-state index >= 15 is 0 Å². The Kier molecular flexibility index (Phi) is 4.15. The first kappa shape index (κ1) is 12.1. The molecule has 92 valence electrons. The molecule has 1 saturated heterocycles. The molecule has 0 radical (unpaired) electrons. The fourth-order valence-electron chi connectivity index (χ4n) is 2.50. The summed E-state index contributed by atoms with van der Waals surface area (Å²) < 4.78 is 0. The second-order valence-corrected chi connectivity index (χ2v) is 4.62. The Bertz CT molecular complexity index is 364. The number of rotatable bonds is 5. The SMILES string of the molecule is O=C(O)[C@H]1CCCN1CCCc1ccccc1. The van der Waals surface area contributed by atoms with Crippen molar-refractivity contribution in [1.82, 2.24) is 4.90 Å². The smallest absolute Gasteiger partial charge is 0.320 e. The highest BCUT2D eigenvalue weighted by Gasteiger charge is 2.29. The molecule has 0 amide bonds. The quantitative estimate of drug-likeness (QED) is 0.847. The Morgan fingerprint density at radius 3 is 2.82 bits per heavy atom. The van der Waals surface area contributed by atoms with Gasteiger partial charge in [0.1, 0.15) is 6.04 Å². The molecule has 0 aliphatic carbocycles. The van der Waals surface area contributed by atoms with Gasteiger partial charge in [-0.3, -0.25) is 9.69 Å². The molecule has 3 heteroatoms. The van der Waals surface area contributed by atoms with Crippen molar-refractivity contribution in [2.45, 2.75) is 31.7 Å². The Morgan fingerprint density at radius 1 is 1.35 bits per heavy atom. The van der Waals surface area contributed by atoms with Gasteiger partial charge in [0, 0.05) is 0 Å². The summed E-state index contributed by atoms with van der Waals surface area (Å²) in [5.41, 5.74) is 1.33. The Morgan fingerprint density at radius 2 is 2.12 bits per heavy atom. The van der Waals surface area contributed by atoms with Crippen molar-refractivity contribution in [2.24, 2.45) is 0 Å². The van der Waals surface area contributed by atoms with Gasteiger partial charge in [-0.1, -0.05) is 30.3 Å². The van der Waals surface area contributed by atoms with Crippen LogP contribution in [0.15, 0.2) is 30.3 Å². The van der Waals surface area contributed by atoms with E-state index in [9.17, 15) is 4.79 Å². The molecule has 0 spiro atoms. The first-order valence-corrected chi connectivity index (χ1v) is 6.28. The van der Waals surface area contributed by atoms with Crippen LogP contribution in [0, 0.1) is 0 Å². The Labute approximate surface area is 102 Å². The minimum atomic E-state index is -0.665. The first-order valence-electron chi connectivity index (χ1n) is 6.28. The van der Waals surface area contributed by atoms with E-state index in [0.29, 0.717) is 0 Å². The normalized spacial score (nSPS) is 20.6. The largest absolute Gasteiger partial charge is 0.480 e. The summed E-state index contributed by atoms with van der Waals surface area (Å²) in [4.78, 5) is 13.1. The van der Waals surface area contributed by atoms with Crippen molar-refractivity contribution in [3.63, 3.8) is 0 Å². The zero-order valence-corrected chi connectivity index (χ0v) is 10.0. The van der Waals surface area contributed by atoms with Crippen molar-refractivity contribution in [3.8, 4) is 0 Å². The van der Waals surface area contributed by atoms with Gasteiger partial charge >= 0.3 is 5.97 Å². The molecule has 0 unspecified atom stereocenters. The molecule has 0 aromatic heterocycles. The van der Waals surface area contributed by atoms with E-state index in [1.165, 1.54) is 5.56 Å². The summed E-state index contributed by atoms with van der Waals surface area (Å²) in [5, 5.41) is 9.06. The summed E-state index contributed by atoms with van der Waals surface area (Å²) in [6, 6.07) is 10.1. The summed E-state index contributed by atoms with van der Waals surface area (Å²) in [5.74, 6) is -0.665. The fourth-order valence-corrected chi connectivity index (χ4v) is 2.50. The van der Waals surface area contributed by atoms with Crippen LogP contribution < -0.4 is 0 Å². The second-order valence-electron chi connectivity index (χ2n) is 4.62. The second kappa shape index (κ2) is 5.82. The van der Waals surface area contributed by atoms with Crippen LogP contribution in [-0.4, -0.2) is 35.1 Å². The average Bonchev–Trinajstić information content (AvgIpc) is 2.79. The predicted octanol–water partition coefficient (Wildman–Crippen LogP) is 2.17. The van der Waals surface area contributed by atoms with Gasteiger partial charge < -0.3 is 5.11 Å². The van der Waals surface area contributed by atoms with Gasteiger partial charge in [0.15, 0.2) is 0 Å². The van der Waals surface area contributed by atoms with E-state index < -0.39 is 5.97 Å². The zero-order valence-electron chi connectivity index (χ0n) is 10.0. The number of hydrogen-bond donors (Lipinski definition) is 1. The minimum Gasteiger partial charge on any atom is -0.480 e. The molecule has 1 atom stereocenters. The Balaban J connectivity index is 1.77. The number of likely N-dealkylation sites (tertiary alicyclic amines) is 1. The third kappa shape index (κ3) is 3.30. The van der Waals surface area contributed by atoms with E-state index in [1.807, 2.05) is 18.2 Å². The van der Waals surface area contributed by atoms with Gasteiger partial charge in [0.2, 0.25) is 0 Å². The van der Waals surface area contributed by atoms with Crippen LogP contribution in [0.5, 0.6) is 0 Å². The third-order valence-corrected chi connectivity index (χ3v) is 3.40. The van der Waals surface area contributed by atoms with Crippen LogP contribution in [-0.2, 0) is 11.2 Å². The van der Waals surface area contributed by atoms with E-state index in [0.717, 1.165) is 38.8 Å². The van der Waals surface area contributed by atoms with Gasteiger partial charge in [0.05, 0.1) is 0 Å². The third-order valence-electron chi connectivity index (χ3n) is 3.40. The number of nitrogens with zero attached hydrogens (tertiary/aromatic N) is 1. The molecule has 1 fully saturated rings. The number of aliphatic carboxylic acids is 1. The van der Waals surface area contributed by atoms with Gasteiger partial charge in [-0.05, 0) is 44.3 Å². The molecule has 17 heavy (non-hydrogen) atoms. The maximum atomic E-state index is 11.0. The van der Waals surface area contributed by atoms with Gasteiger partial charge in [0.25, 0.3) is 0 Å². The van der Waals surface area contributed by atoms with Crippen molar-refractivity contribution in [1.29, 1.82) is 0 Å². The van der Waals surface area contributed by atoms with E-state index in [1.54, 1.807) is 0 Å². The van der Waals surface area contributed by atoms with Crippen LogP contribution in [0.4, 0.5) is 0 Å². The summed E-state index contributed by atoms with van der Waals surface area (Å²) >= 11 is 0. The number of carboxylic acid groups (broad SMARTS) is 1. The lowest BCUT2D eigenvalue weighted by Gasteiger charge is -2.20. The number of aryl methyl sites for hydroxylation is 1. The van der Waals surface area contributed by atoms with Gasteiger partial charge in [-0.15, -0.1) is 0 Å². The fraction of sp³-hybridized carbons (Fsp3) is 0.500. The molecule has 0 bridgehead atoms. The Hall–Kier alpha value is -1.35. The maximum absolute atomic E-state index is 11.0. The molecule has 0 saturated carbocycles. The summed E-state index contributed by atoms with van der Waals surface area (Å²) in [7, 11) is 0. The maximum Gasteiger partial charge on any atom is 0.320 e. The lowest BCUT2D eigenvalue weighted by Crippen LogP contribution is -2.36. The highest BCUT2D eigenvalue weighted by molar-refractivity contribution is 5.73. The van der Waals surface area contributed by atoms with Crippen LogP contribution >= 0.6 is 0 Å². The van der Waals surface area contributed by atoms with Crippen LogP contribution in [0.1, 0.15) is 24.8 Å². The van der Waals surface area contributed by atoms with Crippen LogP contribution in [0.3, 0.4) is 0 Å². The monoisotopic (exact) mass is 233 g/mol. The molecule has 1 aliphatic rings. The number of benzene rings is 1. The molecular weight excluding hydrogens is 214 g/mol. The molecule has 1 heterocycles. The van der Waals surface area contributed by atoms with Gasteiger partial charge in [-0.2, -0.15) is 0 Å². The van der Waals surface area contributed by atoms with Crippen molar-refractivity contribution >= 4 is 5.97 Å². The van der Waals surface area contributed by atoms with E-state index in [4.69, 9.17) is 5.11 Å². The number of carboxylic acids is 1. The predicted molar refractivity (Wildman–Crippen MR) is 67.0 cm³/mol. The van der Waals surface area contributed by atoms with Crippen molar-refractivity contribution < 1.29 is 9.90 Å². The van der Waals surface area contributed by atoms with Crippen molar-refractivity contribution in [3.05, 3.63) is 35.9 Å². The molecular formula is C14H19NO2. The molecule has 2 rings (SSSR count). The lowest BCUT2D eigenvalue weighted by atomic mass is 10.1. The van der Waals surface area contributed by atoms with Crippen LogP contribution in [0.2, 0.25) is 0 Å². The molecule has 1 aromatic carbocycles. The lowest BCUT2D eigenvalue weighted by molar-refractivity contribution is -0.142. The van der Waals surface area contributed by atoms with Crippen LogP contribution in [0.25, 0.3) is 0 Å². The van der Waals surface area contributed by atoms with Crippen molar-refractivity contribution in [2.75, 3.05) is 13.1 Å². The molecule has 1 aromatic rings. The first-order chi connectivity index (χ1) is 8.27. The number of hydrogen-bond acceptors (Lipinski definition) is 2. The summed E-state index contributed by atoms with van der Waals surface area (Å²) in [6.07, 6.45) is 3.89. The highest BCUT2D eigenvalue weighted by atomic mass is 16.4. The van der Waals surface area contributed by atoms with E-state index in [-0.39, 0.29) is 6.04 Å². The van der Waals surface area contributed by atoms with E-state index in [2.05, 4.69) is 17.0 Å². The molecule has 3 nitrogen and oxygen atoms in total. The topological polar surface area (TPSA) is 40.5 Å². The molecule has 1 aliphatic heterocycles.